The van der Waals surface area contributed by atoms with Gasteiger partial charge >= 0.3 is 6.03 Å². The molecule has 0 spiro atoms. The maximum absolute atomic E-state index is 13.9. The van der Waals surface area contributed by atoms with E-state index in [0.29, 0.717) is 19.6 Å². The van der Waals surface area contributed by atoms with Crippen LogP contribution in [-0.2, 0) is 11.3 Å². The van der Waals surface area contributed by atoms with Crippen LogP contribution in [0, 0.1) is 5.82 Å². The zero-order valence-corrected chi connectivity index (χ0v) is 19.5. The first-order valence-electron chi connectivity index (χ1n) is 9.60. The number of piperazine rings is 1. The molecular formula is C19H28FIN6O3. The number of nitrogens with one attached hydrogen (secondary N) is 2. The van der Waals surface area contributed by atoms with E-state index in [-0.39, 0.29) is 54.0 Å². The van der Waals surface area contributed by atoms with Crippen LogP contribution in [0.3, 0.4) is 0 Å². The van der Waals surface area contributed by atoms with Crippen LogP contribution in [-0.4, -0.2) is 92.6 Å². The standard InChI is InChI=1S/C19H27FN6O3.HI/c1-21-18(22-5-6-26-17(27)12-23-19(26)28)25-9-7-24(8-10-25)13-14-3-4-16(29-2)15(20)11-14;/h3-4,11H,5-10,12-13H2,1-2H3,(H,21,22)(H,23,28);1H. The molecule has 3 rings (SSSR count). The number of rotatable bonds is 6. The van der Waals surface area contributed by atoms with Crippen LogP contribution in [0.15, 0.2) is 23.2 Å². The molecule has 11 heteroatoms. The molecule has 3 amide bonds. The molecule has 2 heterocycles. The first-order chi connectivity index (χ1) is 14.0. The van der Waals surface area contributed by atoms with E-state index < -0.39 is 0 Å². The number of imide groups is 1. The Kier molecular flexibility index (Phi) is 9.08. The average molecular weight is 534 g/mol. The van der Waals surface area contributed by atoms with Gasteiger partial charge in [0.15, 0.2) is 17.5 Å². The monoisotopic (exact) mass is 534 g/mol. The smallest absolute Gasteiger partial charge is 0.324 e. The number of hydrogen-bond donors (Lipinski definition) is 2. The minimum atomic E-state index is -0.352. The Bertz CT molecular complexity index is 770. The highest BCUT2D eigenvalue weighted by atomic mass is 127. The van der Waals surface area contributed by atoms with Gasteiger partial charge < -0.3 is 20.3 Å². The second-order valence-corrected chi connectivity index (χ2v) is 6.91. The van der Waals surface area contributed by atoms with Crippen molar-refractivity contribution in [1.82, 2.24) is 25.3 Å². The molecule has 166 valence electrons. The summed E-state index contributed by atoms with van der Waals surface area (Å²) in [6.45, 7) is 4.68. The molecular weight excluding hydrogens is 506 g/mol. The lowest BCUT2D eigenvalue weighted by Crippen LogP contribution is -2.53. The molecule has 0 aromatic heterocycles. The number of urea groups is 1. The van der Waals surface area contributed by atoms with E-state index in [2.05, 4.69) is 25.4 Å². The predicted molar refractivity (Wildman–Crippen MR) is 122 cm³/mol. The van der Waals surface area contributed by atoms with Crippen LogP contribution in [0.1, 0.15) is 5.56 Å². The van der Waals surface area contributed by atoms with Gasteiger partial charge in [-0.1, -0.05) is 6.07 Å². The van der Waals surface area contributed by atoms with Crippen molar-refractivity contribution in [3.8, 4) is 5.75 Å². The fourth-order valence-corrected chi connectivity index (χ4v) is 3.48. The molecule has 0 atom stereocenters. The Balaban J connectivity index is 0.00000320. The third-order valence-electron chi connectivity index (χ3n) is 5.06. The zero-order valence-electron chi connectivity index (χ0n) is 17.2. The number of carbonyl (C=O) groups excluding carboxylic acids is 2. The van der Waals surface area contributed by atoms with Crippen molar-refractivity contribution in [1.29, 1.82) is 0 Å². The van der Waals surface area contributed by atoms with Gasteiger partial charge in [0, 0.05) is 52.9 Å². The number of amides is 3. The summed E-state index contributed by atoms with van der Waals surface area (Å²) < 4.78 is 18.8. The van der Waals surface area contributed by atoms with E-state index in [9.17, 15) is 14.0 Å². The highest BCUT2D eigenvalue weighted by Crippen LogP contribution is 2.19. The van der Waals surface area contributed by atoms with Crippen molar-refractivity contribution >= 4 is 41.9 Å². The minimum absolute atomic E-state index is 0. The number of guanidine groups is 1. The molecule has 9 nitrogen and oxygen atoms in total. The van der Waals surface area contributed by atoms with Crippen LogP contribution in [0.25, 0.3) is 0 Å². The Morgan fingerprint density at radius 3 is 2.57 bits per heavy atom. The molecule has 2 N–H and O–H groups in total. The van der Waals surface area contributed by atoms with Crippen LogP contribution in [0.2, 0.25) is 0 Å². The van der Waals surface area contributed by atoms with Crippen molar-refractivity contribution in [2.45, 2.75) is 6.54 Å². The maximum Gasteiger partial charge on any atom is 0.324 e. The Morgan fingerprint density at radius 1 is 1.27 bits per heavy atom. The van der Waals surface area contributed by atoms with E-state index in [1.54, 1.807) is 13.1 Å². The minimum Gasteiger partial charge on any atom is -0.494 e. The van der Waals surface area contributed by atoms with Crippen molar-refractivity contribution in [3.63, 3.8) is 0 Å². The SMILES string of the molecule is CN=C(NCCN1C(=O)CNC1=O)N1CCN(Cc2ccc(OC)c(F)c2)CC1.I. The first-order valence-corrected chi connectivity index (χ1v) is 9.60. The first kappa shape index (κ1) is 24.1. The van der Waals surface area contributed by atoms with E-state index >= 15 is 0 Å². The molecule has 2 fully saturated rings. The average Bonchev–Trinajstić information content (AvgIpc) is 3.04. The van der Waals surface area contributed by atoms with Crippen LogP contribution >= 0.6 is 24.0 Å². The van der Waals surface area contributed by atoms with E-state index in [1.165, 1.54) is 18.1 Å². The molecule has 0 aliphatic carbocycles. The normalized spacial score (nSPS) is 17.6. The van der Waals surface area contributed by atoms with Gasteiger partial charge in [-0.05, 0) is 17.7 Å². The Hall–Kier alpha value is -2.15. The summed E-state index contributed by atoms with van der Waals surface area (Å²) >= 11 is 0. The molecule has 2 aliphatic heterocycles. The molecule has 0 unspecified atom stereocenters. The molecule has 2 saturated heterocycles. The summed E-state index contributed by atoms with van der Waals surface area (Å²) in [6, 6.07) is 4.69. The zero-order chi connectivity index (χ0) is 20.8. The molecule has 1 aromatic rings. The van der Waals surface area contributed by atoms with Crippen molar-refractivity contribution in [2.24, 2.45) is 4.99 Å². The molecule has 0 bridgehead atoms. The summed E-state index contributed by atoms with van der Waals surface area (Å²) in [4.78, 5) is 33.1. The summed E-state index contributed by atoms with van der Waals surface area (Å²) in [7, 11) is 3.17. The quantitative estimate of drug-likeness (QED) is 0.242. The van der Waals surface area contributed by atoms with Gasteiger partial charge in [-0.15, -0.1) is 24.0 Å². The number of methoxy groups -OCH3 is 1. The highest BCUT2D eigenvalue weighted by Gasteiger charge is 2.28. The molecule has 1 aromatic carbocycles. The van der Waals surface area contributed by atoms with Gasteiger partial charge in [0.05, 0.1) is 13.7 Å². The second kappa shape index (κ2) is 11.3. The maximum atomic E-state index is 13.9. The van der Waals surface area contributed by atoms with Crippen molar-refractivity contribution in [3.05, 3.63) is 29.6 Å². The van der Waals surface area contributed by atoms with Crippen LogP contribution < -0.4 is 15.4 Å². The topological polar surface area (TPSA) is 89.5 Å². The number of benzene rings is 1. The second-order valence-electron chi connectivity index (χ2n) is 6.91. The van der Waals surface area contributed by atoms with Crippen LogP contribution in [0.4, 0.5) is 9.18 Å². The number of hydrogen-bond acceptors (Lipinski definition) is 5. The summed E-state index contributed by atoms with van der Waals surface area (Å²) in [5, 5.41) is 5.71. The summed E-state index contributed by atoms with van der Waals surface area (Å²) in [5.41, 5.74) is 0.910. The summed E-state index contributed by atoms with van der Waals surface area (Å²) in [5.74, 6) is 0.433. The molecule has 0 saturated carbocycles. The third-order valence-corrected chi connectivity index (χ3v) is 5.06. The van der Waals surface area contributed by atoms with Gasteiger partial charge in [0.25, 0.3) is 0 Å². The predicted octanol–water partition coefficient (Wildman–Crippen LogP) is 0.697. The van der Waals surface area contributed by atoms with Gasteiger partial charge in [0.1, 0.15) is 0 Å². The number of nitrogens with zero attached hydrogens (tertiary/aromatic N) is 4. The van der Waals surface area contributed by atoms with Crippen molar-refractivity contribution in [2.75, 3.05) is 60.0 Å². The highest BCUT2D eigenvalue weighted by molar-refractivity contribution is 14.0. The molecule has 30 heavy (non-hydrogen) atoms. The number of halogens is 2. The number of aliphatic imine (C=N–C) groups is 1. The fourth-order valence-electron chi connectivity index (χ4n) is 3.48. The van der Waals surface area contributed by atoms with Gasteiger partial charge in [-0.3, -0.25) is 19.6 Å². The third kappa shape index (κ3) is 5.94. The van der Waals surface area contributed by atoms with Gasteiger partial charge in [0.2, 0.25) is 5.91 Å². The van der Waals surface area contributed by atoms with Gasteiger partial charge in [-0.2, -0.15) is 0 Å². The summed E-state index contributed by atoms with van der Waals surface area (Å²) in [6.07, 6.45) is 0. The van der Waals surface area contributed by atoms with E-state index in [1.807, 2.05) is 6.07 Å². The Morgan fingerprint density at radius 2 is 2.00 bits per heavy atom. The number of ether oxygens (including phenoxy) is 1. The van der Waals surface area contributed by atoms with Crippen LogP contribution in [0.5, 0.6) is 5.75 Å². The molecule has 0 radical (unpaired) electrons. The number of carbonyl (C=O) groups is 2. The lowest BCUT2D eigenvalue weighted by atomic mass is 10.2. The largest absolute Gasteiger partial charge is 0.494 e. The Labute approximate surface area is 192 Å². The van der Waals surface area contributed by atoms with E-state index in [4.69, 9.17) is 4.74 Å². The van der Waals surface area contributed by atoms with Crippen molar-refractivity contribution < 1.29 is 18.7 Å². The fraction of sp³-hybridized carbons (Fsp3) is 0.526. The molecule has 2 aliphatic rings. The lowest BCUT2D eigenvalue weighted by molar-refractivity contribution is -0.124. The van der Waals surface area contributed by atoms with Gasteiger partial charge in [-0.25, -0.2) is 9.18 Å². The van der Waals surface area contributed by atoms with E-state index in [0.717, 1.165) is 37.7 Å². The lowest BCUT2D eigenvalue weighted by Gasteiger charge is -2.36.